The van der Waals surface area contributed by atoms with Crippen molar-refractivity contribution in [2.24, 2.45) is 5.92 Å². The van der Waals surface area contributed by atoms with Crippen LogP contribution in [0.4, 0.5) is 0 Å². The number of carbonyl (C=O) groups is 2. The second-order valence-corrected chi connectivity index (χ2v) is 8.57. The monoisotopic (exact) mass is 401 g/mol. The van der Waals surface area contributed by atoms with Crippen molar-refractivity contribution in [2.45, 2.75) is 43.5 Å². The normalized spacial score (nSPS) is 16.2. The van der Waals surface area contributed by atoms with Gasteiger partial charge >= 0.3 is 0 Å². The maximum Gasteiger partial charge on any atom is 0.242 e. The molecule has 1 aromatic rings. The van der Waals surface area contributed by atoms with Gasteiger partial charge < -0.3 is 10.6 Å². The molecule has 3 N–H and O–H groups in total. The molecule has 1 aliphatic rings. The maximum atomic E-state index is 12.4. The van der Waals surface area contributed by atoms with Gasteiger partial charge in [0.05, 0.1) is 4.90 Å². The van der Waals surface area contributed by atoms with Crippen molar-refractivity contribution in [3.63, 3.8) is 0 Å². The first kappa shape index (κ1) is 20.7. The molecule has 7 nitrogen and oxygen atoms in total. The van der Waals surface area contributed by atoms with Crippen LogP contribution in [0.1, 0.15) is 32.6 Å². The summed E-state index contributed by atoms with van der Waals surface area (Å²) >= 11 is 5.81. The topological polar surface area (TPSA) is 104 Å². The van der Waals surface area contributed by atoms with E-state index < -0.39 is 16.1 Å². The molecule has 0 spiro atoms. The van der Waals surface area contributed by atoms with E-state index in [-0.39, 0.29) is 35.7 Å². The molecule has 144 valence electrons. The Hall–Kier alpha value is -1.64. The van der Waals surface area contributed by atoms with Gasteiger partial charge in [-0.1, -0.05) is 30.5 Å². The van der Waals surface area contributed by atoms with Gasteiger partial charge in [0.2, 0.25) is 21.8 Å². The van der Waals surface area contributed by atoms with E-state index in [1.54, 1.807) is 12.1 Å². The van der Waals surface area contributed by atoms with E-state index >= 15 is 0 Å². The fraction of sp³-hybridized carbons (Fsp3) is 0.529. The van der Waals surface area contributed by atoms with Gasteiger partial charge in [0, 0.05) is 25.0 Å². The van der Waals surface area contributed by atoms with Crippen molar-refractivity contribution < 1.29 is 18.0 Å². The number of carbonyl (C=O) groups excluding carboxylic acids is 2. The predicted molar refractivity (Wildman–Crippen MR) is 99.2 cm³/mol. The van der Waals surface area contributed by atoms with Crippen molar-refractivity contribution in [1.82, 2.24) is 15.4 Å². The van der Waals surface area contributed by atoms with Crippen molar-refractivity contribution >= 4 is 33.4 Å². The van der Waals surface area contributed by atoms with Crippen LogP contribution in [-0.2, 0) is 19.6 Å². The molecule has 0 heterocycles. The molecule has 9 heteroatoms. The summed E-state index contributed by atoms with van der Waals surface area (Å²) in [5.41, 5.74) is 0. The molecule has 0 aliphatic heterocycles. The largest absolute Gasteiger partial charge is 0.353 e. The van der Waals surface area contributed by atoms with Crippen molar-refractivity contribution in [3.05, 3.63) is 29.3 Å². The summed E-state index contributed by atoms with van der Waals surface area (Å²) < 4.78 is 26.8. The molecule has 26 heavy (non-hydrogen) atoms. The standard InChI is InChI=1S/C17H24ClN3O4S/c1-12(22)21-16(13-5-2-3-6-13)17(23)19-9-10-20-26(24,25)15-8-4-7-14(18)11-15/h4,7-8,11,13,16,20H,2-3,5-6,9-10H2,1H3,(H,19,23)(H,21,22). The highest BCUT2D eigenvalue weighted by Gasteiger charge is 2.31. The lowest BCUT2D eigenvalue weighted by Crippen LogP contribution is -2.51. The number of sulfonamides is 1. The van der Waals surface area contributed by atoms with Gasteiger partial charge in [-0.05, 0) is 37.0 Å². The van der Waals surface area contributed by atoms with Gasteiger partial charge in [0.25, 0.3) is 0 Å². The molecular weight excluding hydrogens is 378 g/mol. The van der Waals surface area contributed by atoms with Crippen molar-refractivity contribution in [3.8, 4) is 0 Å². The lowest BCUT2D eigenvalue weighted by atomic mass is 9.97. The molecular formula is C17H24ClN3O4S. The fourth-order valence-electron chi connectivity index (χ4n) is 3.11. The highest BCUT2D eigenvalue weighted by Crippen LogP contribution is 2.27. The molecule has 2 rings (SSSR count). The Morgan fingerprint density at radius 1 is 1.23 bits per heavy atom. The Morgan fingerprint density at radius 2 is 1.92 bits per heavy atom. The Labute approximate surface area is 158 Å². The van der Waals surface area contributed by atoms with Crippen LogP contribution in [0, 0.1) is 5.92 Å². The zero-order valence-electron chi connectivity index (χ0n) is 14.6. The van der Waals surface area contributed by atoms with Crippen LogP contribution in [0.25, 0.3) is 0 Å². The zero-order chi connectivity index (χ0) is 19.2. The minimum Gasteiger partial charge on any atom is -0.353 e. The molecule has 1 atom stereocenters. The van der Waals surface area contributed by atoms with Crippen LogP contribution in [0.2, 0.25) is 5.02 Å². The highest BCUT2D eigenvalue weighted by atomic mass is 35.5. The van der Waals surface area contributed by atoms with Crippen LogP contribution in [0.5, 0.6) is 0 Å². The van der Waals surface area contributed by atoms with E-state index in [1.807, 2.05) is 0 Å². The zero-order valence-corrected chi connectivity index (χ0v) is 16.2. The number of rotatable bonds is 8. The van der Waals surface area contributed by atoms with Gasteiger partial charge in [0.1, 0.15) is 6.04 Å². The van der Waals surface area contributed by atoms with E-state index in [4.69, 9.17) is 11.6 Å². The smallest absolute Gasteiger partial charge is 0.242 e. The summed E-state index contributed by atoms with van der Waals surface area (Å²) in [5, 5.41) is 5.73. The first-order valence-electron chi connectivity index (χ1n) is 8.59. The summed E-state index contributed by atoms with van der Waals surface area (Å²) in [5.74, 6) is -0.408. The van der Waals surface area contributed by atoms with Gasteiger partial charge in [-0.3, -0.25) is 9.59 Å². The quantitative estimate of drug-likeness (QED) is 0.573. The molecule has 0 aromatic heterocycles. The Kier molecular flexibility index (Phi) is 7.43. The van der Waals surface area contributed by atoms with Crippen molar-refractivity contribution in [1.29, 1.82) is 0 Å². The van der Waals surface area contributed by atoms with Gasteiger partial charge in [-0.15, -0.1) is 0 Å². The number of halogens is 1. The summed E-state index contributed by atoms with van der Waals surface area (Å²) in [6.45, 7) is 1.55. The Balaban J connectivity index is 1.85. The van der Waals surface area contributed by atoms with Gasteiger partial charge in [-0.2, -0.15) is 0 Å². The summed E-state index contributed by atoms with van der Waals surface area (Å²) in [4.78, 5) is 23.8. The first-order chi connectivity index (χ1) is 12.3. The summed E-state index contributed by atoms with van der Waals surface area (Å²) in [6, 6.07) is 5.37. The van der Waals surface area contributed by atoms with Crippen LogP contribution in [-0.4, -0.2) is 39.4 Å². The third kappa shape index (κ3) is 5.96. The SMILES string of the molecule is CC(=O)NC(C(=O)NCCNS(=O)(=O)c1cccc(Cl)c1)C1CCCC1. The third-order valence-corrected chi connectivity index (χ3v) is 6.03. The average Bonchev–Trinajstić information content (AvgIpc) is 3.10. The molecule has 1 fully saturated rings. The van der Waals surface area contributed by atoms with Gasteiger partial charge in [-0.25, -0.2) is 13.1 Å². The number of hydrogen-bond donors (Lipinski definition) is 3. The number of nitrogens with one attached hydrogen (secondary N) is 3. The van der Waals surface area contributed by atoms with E-state index in [0.717, 1.165) is 25.7 Å². The summed E-state index contributed by atoms with van der Waals surface area (Å²) in [6.07, 6.45) is 3.90. The van der Waals surface area contributed by atoms with Crippen LogP contribution in [0.15, 0.2) is 29.2 Å². The minimum absolute atomic E-state index is 0.0397. The molecule has 1 saturated carbocycles. The molecule has 0 bridgehead atoms. The maximum absolute atomic E-state index is 12.4. The molecule has 1 aliphatic carbocycles. The minimum atomic E-state index is -3.69. The Bertz CT molecular complexity index is 748. The second-order valence-electron chi connectivity index (χ2n) is 6.37. The number of hydrogen-bond acceptors (Lipinski definition) is 4. The predicted octanol–water partition coefficient (Wildman–Crippen LogP) is 1.43. The fourth-order valence-corrected chi connectivity index (χ4v) is 4.44. The van der Waals surface area contributed by atoms with E-state index in [9.17, 15) is 18.0 Å². The highest BCUT2D eigenvalue weighted by molar-refractivity contribution is 7.89. The van der Waals surface area contributed by atoms with Gasteiger partial charge in [0.15, 0.2) is 0 Å². The Morgan fingerprint density at radius 3 is 2.54 bits per heavy atom. The molecule has 0 saturated heterocycles. The first-order valence-corrected chi connectivity index (χ1v) is 10.5. The lowest BCUT2D eigenvalue weighted by molar-refractivity contribution is -0.129. The van der Waals surface area contributed by atoms with Crippen LogP contribution >= 0.6 is 11.6 Å². The van der Waals surface area contributed by atoms with Crippen LogP contribution < -0.4 is 15.4 Å². The third-order valence-electron chi connectivity index (χ3n) is 4.34. The number of benzene rings is 1. The molecule has 1 unspecified atom stereocenters. The average molecular weight is 402 g/mol. The summed E-state index contributed by atoms with van der Waals surface area (Å²) in [7, 11) is -3.69. The molecule has 2 amide bonds. The molecule has 1 aromatic carbocycles. The van der Waals surface area contributed by atoms with E-state index in [0.29, 0.717) is 5.02 Å². The number of amides is 2. The lowest BCUT2D eigenvalue weighted by Gasteiger charge is -2.23. The van der Waals surface area contributed by atoms with E-state index in [1.165, 1.54) is 19.1 Å². The van der Waals surface area contributed by atoms with Crippen LogP contribution in [0.3, 0.4) is 0 Å². The van der Waals surface area contributed by atoms with E-state index in [2.05, 4.69) is 15.4 Å². The molecule has 0 radical (unpaired) electrons. The second kappa shape index (κ2) is 9.34. The van der Waals surface area contributed by atoms with Crippen molar-refractivity contribution in [2.75, 3.05) is 13.1 Å².